The molecule has 108 valence electrons. The average Bonchev–Trinajstić information content (AvgIpc) is 2.79. The lowest BCUT2D eigenvalue weighted by Crippen LogP contribution is -2.07. The molecule has 2 nitrogen and oxygen atoms in total. The molecule has 20 heavy (non-hydrogen) atoms. The van der Waals surface area contributed by atoms with E-state index in [1.807, 2.05) is 18.4 Å². The molecule has 0 saturated heterocycles. The van der Waals surface area contributed by atoms with Gasteiger partial charge in [0.05, 0.1) is 4.34 Å². The van der Waals surface area contributed by atoms with Gasteiger partial charge in [0, 0.05) is 17.8 Å². The van der Waals surface area contributed by atoms with Crippen LogP contribution >= 0.6 is 22.9 Å². The SMILES string of the molecule is CC(Nc1ccc(OC(F)F)c(F)c1)c1csc(Cl)c1. The molecule has 0 aliphatic rings. The van der Waals surface area contributed by atoms with Gasteiger partial charge in [0.15, 0.2) is 11.6 Å². The van der Waals surface area contributed by atoms with Crippen LogP contribution in [-0.4, -0.2) is 6.61 Å². The Morgan fingerprint density at radius 1 is 1.30 bits per heavy atom. The molecule has 2 aromatic rings. The monoisotopic (exact) mass is 321 g/mol. The molecule has 0 fully saturated rings. The third-order valence-electron chi connectivity index (χ3n) is 2.62. The van der Waals surface area contributed by atoms with Crippen molar-refractivity contribution in [2.75, 3.05) is 5.32 Å². The zero-order valence-electron chi connectivity index (χ0n) is 10.4. The van der Waals surface area contributed by atoms with Gasteiger partial charge in [-0.1, -0.05) is 11.6 Å². The minimum Gasteiger partial charge on any atom is -0.432 e. The molecule has 0 spiro atoms. The Bertz CT molecular complexity index is 591. The van der Waals surface area contributed by atoms with E-state index in [0.717, 1.165) is 17.7 Å². The summed E-state index contributed by atoms with van der Waals surface area (Å²) >= 11 is 7.25. The molecule has 1 unspecified atom stereocenters. The molecule has 0 bridgehead atoms. The lowest BCUT2D eigenvalue weighted by molar-refractivity contribution is -0.0521. The van der Waals surface area contributed by atoms with Crippen molar-refractivity contribution in [2.24, 2.45) is 0 Å². The zero-order valence-corrected chi connectivity index (χ0v) is 11.9. The van der Waals surface area contributed by atoms with Gasteiger partial charge < -0.3 is 10.1 Å². The third-order valence-corrected chi connectivity index (χ3v) is 3.73. The number of halogens is 4. The van der Waals surface area contributed by atoms with Crippen LogP contribution in [0.4, 0.5) is 18.9 Å². The van der Waals surface area contributed by atoms with Crippen molar-refractivity contribution in [1.29, 1.82) is 0 Å². The van der Waals surface area contributed by atoms with Crippen LogP contribution in [0.25, 0.3) is 0 Å². The Morgan fingerprint density at radius 2 is 2.05 bits per heavy atom. The Balaban J connectivity index is 2.08. The summed E-state index contributed by atoms with van der Waals surface area (Å²) in [5.41, 5.74) is 1.44. The lowest BCUT2D eigenvalue weighted by atomic mass is 10.1. The molecule has 0 amide bonds. The number of anilines is 1. The molecular weight excluding hydrogens is 311 g/mol. The highest BCUT2D eigenvalue weighted by atomic mass is 35.5. The number of hydrogen-bond acceptors (Lipinski definition) is 3. The van der Waals surface area contributed by atoms with E-state index in [0.29, 0.717) is 10.0 Å². The quantitative estimate of drug-likeness (QED) is 0.805. The topological polar surface area (TPSA) is 21.3 Å². The summed E-state index contributed by atoms with van der Waals surface area (Å²) in [6.07, 6.45) is 0. The second-order valence-electron chi connectivity index (χ2n) is 4.07. The Morgan fingerprint density at radius 3 is 2.60 bits per heavy atom. The molecule has 0 radical (unpaired) electrons. The van der Waals surface area contributed by atoms with Crippen LogP contribution in [0.5, 0.6) is 5.75 Å². The predicted molar refractivity (Wildman–Crippen MR) is 74.4 cm³/mol. The molecule has 1 aromatic carbocycles. The Kier molecular flexibility index (Phi) is 4.77. The number of ether oxygens (including phenoxy) is 1. The Labute approximate surface area is 123 Å². The number of alkyl halides is 2. The minimum atomic E-state index is -3.05. The first-order valence-corrected chi connectivity index (χ1v) is 6.96. The highest BCUT2D eigenvalue weighted by Crippen LogP contribution is 2.29. The van der Waals surface area contributed by atoms with Gasteiger partial charge in [-0.25, -0.2) is 4.39 Å². The number of benzene rings is 1. The van der Waals surface area contributed by atoms with Gasteiger partial charge in [-0.05, 0) is 36.1 Å². The van der Waals surface area contributed by atoms with E-state index in [1.54, 1.807) is 0 Å². The third kappa shape index (κ3) is 3.80. The maximum Gasteiger partial charge on any atom is 0.387 e. The minimum absolute atomic E-state index is 0.0833. The second kappa shape index (κ2) is 6.37. The highest BCUT2D eigenvalue weighted by molar-refractivity contribution is 7.14. The van der Waals surface area contributed by atoms with E-state index in [1.165, 1.54) is 17.4 Å². The van der Waals surface area contributed by atoms with E-state index in [2.05, 4.69) is 10.1 Å². The zero-order chi connectivity index (χ0) is 14.7. The molecule has 0 saturated carbocycles. The lowest BCUT2D eigenvalue weighted by Gasteiger charge is -2.15. The van der Waals surface area contributed by atoms with Crippen molar-refractivity contribution in [3.8, 4) is 5.75 Å². The Hall–Kier alpha value is -1.40. The summed E-state index contributed by atoms with van der Waals surface area (Å²) < 4.78 is 42.3. The van der Waals surface area contributed by atoms with Crippen LogP contribution in [0.3, 0.4) is 0 Å². The summed E-state index contributed by atoms with van der Waals surface area (Å²) in [7, 11) is 0. The van der Waals surface area contributed by atoms with E-state index in [-0.39, 0.29) is 6.04 Å². The van der Waals surface area contributed by atoms with Crippen LogP contribution < -0.4 is 10.1 Å². The number of hydrogen-bond donors (Lipinski definition) is 1. The summed E-state index contributed by atoms with van der Waals surface area (Å²) in [5.74, 6) is -1.32. The second-order valence-corrected chi connectivity index (χ2v) is 5.62. The van der Waals surface area contributed by atoms with Crippen LogP contribution in [0.15, 0.2) is 29.6 Å². The van der Waals surface area contributed by atoms with Crippen LogP contribution in [0.1, 0.15) is 18.5 Å². The highest BCUT2D eigenvalue weighted by Gasteiger charge is 2.12. The van der Waals surface area contributed by atoms with Gasteiger partial charge in [-0.2, -0.15) is 8.78 Å². The molecule has 7 heteroatoms. The molecule has 0 aliphatic heterocycles. The van der Waals surface area contributed by atoms with Gasteiger partial charge in [-0.3, -0.25) is 0 Å². The van der Waals surface area contributed by atoms with Gasteiger partial charge in [0.1, 0.15) is 0 Å². The first kappa shape index (κ1) is 15.0. The average molecular weight is 322 g/mol. The summed E-state index contributed by atoms with van der Waals surface area (Å²) in [5, 5.41) is 4.95. The van der Waals surface area contributed by atoms with E-state index < -0.39 is 18.2 Å². The van der Waals surface area contributed by atoms with Gasteiger partial charge >= 0.3 is 6.61 Å². The van der Waals surface area contributed by atoms with Crippen molar-refractivity contribution < 1.29 is 17.9 Å². The summed E-state index contributed by atoms with van der Waals surface area (Å²) in [6, 6.07) is 5.49. The van der Waals surface area contributed by atoms with Crippen molar-refractivity contribution >= 4 is 28.6 Å². The van der Waals surface area contributed by atoms with Crippen molar-refractivity contribution in [1.82, 2.24) is 0 Å². The number of nitrogens with one attached hydrogen (secondary N) is 1. The first-order valence-electron chi connectivity index (χ1n) is 5.70. The van der Waals surface area contributed by atoms with Crippen LogP contribution in [0.2, 0.25) is 4.34 Å². The fourth-order valence-corrected chi connectivity index (χ4v) is 2.65. The molecule has 2 rings (SSSR count). The smallest absolute Gasteiger partial charge is 0.387 e. The summed E-state index contributed by atoms with van der Waals surface area (Å²) in [6.45, 7) is -1.16. The molecule has 1 heterocycles. The number of thiophene rings is 1. The first-order chi connectivity index (χ1) is 9.45. The molecule has 0 aliphatic carbocycles. The van der Waals surface area contributed by atoms with E-state index >= 15 is 0 Å². The molecule has 1 aromatic heterocycles. The number of rotatable bonds is 5. The molecule has 1 atom stereocenters. The summed E-state index contributed by atoms with van der Waals surface area (Å²) in [4.78, 5) is 0. The maximum atomic E-state index is 13.6. The standard InChI is InChI=1S/C13H11ClF3NOS/c1-7(8-4-12(14)20-6-8)18-9-2-3-11(10(15)5-9)19-13(16)17/h2-7,13,18H,1H3. The normalized spacial score (nSPS) is 12.5. The van der Waals surface area contributed by atoms with Crippen molar-refractivity contribution in [3.05, 3.63) is 45.4 Å². The van der Waals surface area contributed by atoms with Gasteiger partial charge in [0.25, 0.3) is 0 Å². The van der Waals surface area contributed by atoms with Crippen molar-refractivity contribution in [3.63, 3.8) is 0 Å². The van der Waals surface area contributed by atoms with Crippen molar-refractivity contribution in [2.45, 2.75) is 19.6 Å². The largest absolute Gasteiger partial charge is 0.432 e. The maximum absolute atomic E-state index is 13.6. The van der Waals surface area contributed by atoms with Crippen LogP contribution in [-0.2, 0) is 0 Å². The van der Waals surface area contributed by atoms with Gasteiger partial charge in [-0.15, -0.1) is 11.3 Å². The molecule has 1 N–H and O–H groups in total. The van der Waals surface area contributed by atoms with Crippen LogP contribution in [0, 0.1) is 5.82 Å². The molecular formula is C13H11ClF3NOS. The van der Waals surface area contributed by atoms with E-state index in [9.17, 15) is 13.2 Å². The van der Waals surface area contributed by atoms with Gasteiger partial charge in [0.2, 0.25) is 0 Å². The van der Waals surface area contributed by atoms with E-state index in [4.69, 9.17) is 11.6 Å². The fraction of sp³-hybridized carbons (Fsp3) is 0.231. The fourth-order valence-electron chi connectivity index (χ4n) is 1.67. The predicted octanol–water partition coefficient (Wildman–Crippen LogP) is 5.32.